The highest BCUT2D eigenvalue weighted by Crippen LogP contribution is 2.25. The van der Waals surface area contributed by atoms with Crippen molar-refractivity contribution in [2.45, 2.75) is 156 Å². The van der Waals surface area contributed by atoms with Gasteiger partial charge < -0.3 is 38.5 Å². The van der Waals surface area contributed by atoms with Gasteiger partial charge in [-0.2, -0.15) is 0 Å². The molecular formula is C52H74N6O16. The number of benzene rings is 2. The summed E-state index contributed by atoms with van der Waals surface area (Å²) in [6, 6.07) is 4.85. The summed E-state index contributed by atoms with van der Waals surface area (Å²) < 4.78 is 23.5. The third kappa shape index (κ3) is 17.0. The van der Waals surface area contributed by atoms with E-state index >= 15 is 0 Å². The molecule has 4 amide bonds. The maximum atomic E-state index is 14.7. The van der Waals surface area contributed by atoms with E-state index in [-0.39, 0.29) is 73.6 Å². The van der Waals surface area contributed by atoms with Crippen molar-refractivity contribution in [2.24, 2.45) is 23.7 Å². The van der Waals surface area contributed by atoms with Gasteiger partial charge >= 0.3 is 23.9 Å². The van der Waals surface area contributed by atoms with Gasteiger partial charge in [-0.1, -0.05) is 79.7 Å². The number of esters is 4. The molecule has 1 heterocycles. The number of likely N-dealkylation sites (N-methyl/N-ethyl adjacent to an activating group) is 4. The molecule has 0 radical (unpaired) electrons. The van der Waals surface area contributed by atoms with Gasteiger partial charge in [0.15, 0.2) is 24.4 Å². The Morgan fingerprint density at radius 1 is 0.419 bits per heavy atom. The highest BCUT2D eigenvalue weighted by atomic mass is 16.6. The Balaban J connectivity index is 2.29. The third-order valence-corrected chi connectivity index (χ3v) is 12.6. The summed E-state index contributed by atoms with van der Waals surface area (Å²) in [6.07, 6.45) is -7.16. The number of ether oxygens (including phenoxy) is 4. The van der Waals surface area contributed by atoms with E-state index in [0.29, 0.717) is 11.1 Å². The summed E-state index contributed by atoms with van der Waals surface area (Å²) in [5, 5.41) is 23.0. The van der Waals surface area contributed by atoms with Crippen molar-refractivity contribution in [1.82, 2.24) is 19.6 Å². The predicted molar refractivity (Wildman–Crippen MR) is 269 cm³/mol. The molecule has 8 atom stereocenters. The van der Waals surface area contributed by atoms with Crippen LogP contribution in [0.5, 0.6) is 0 Å². The molecular weight excluding hydrogens is 965 g/mol. The fourth-order valence-electron chi connectivity index (χ4n) is 8.42. The second-order valence-electron chi connectivity index (χ2n) is 20.6. The molecule has 1 aliphatic rings. The molecule has 0 N–H and O–H groups in total. The number of hydrogen-bond acceptors (Lipinski definition) is 16. The fraction of sp³-hybridized carbons (Fsp3) is 0.615. The number of non-ortho nitro benzene ring substituents is 2. The van der Waals surface area contributed by atoms with E-state index in [4.69, 9.17) is 18.9 Å². The summed E-state index contributed by atoms with van der Waals surface area (Å²) in [7, 11) is 5.17. The van der Waals surface area contributed by atoms with Gasteiger partial charge in [-0.3, -0.25) is 39.4 Å². The second-order valence-corrected chi connectivity index (χ2v) is 20.6. The van der Waals surface area contributed by atoms with Gasteiger partial charge in [-0.15, -0.1) is 0 Å². The molecule has 3 rings (SSSR count). The van der Waals surface area contributed by atoms with Crippen LogP contribution in [0.1, 0.15) is 106 Å². The molecule has 2 aromatic rings. The zero-order valence-electron chi connectivity index (χ0n) is 45.0. The van der Waals surface area contributed by atoms with Gasteiger partial charge in [0.05, 0.1) is 9.85 Å². The van der Waals surface area contributed by atoms with Gasteiger partial charge in [-0.05, 0) is 74.3 Å². The lowest BCUT2D eigenvalue weighted by atomic mass is 10.00. The lowest BCUT2D eigenvalue weighted by Crippen LogP contribution is -2.55. The summed E-state index contributed by atoms with van der Waals surface area (Å²) >= 11 is 0. The van der Waals surface area contributed by atoms with E-state index in [9.17, 15) is 58.6 Å². The van der Waals surface area contributed by atoms with Crippen LogP contribution in [-0.4, -0.2) is 154 Å². The molecule has 1 fully saturated rings. The first kappa shape index (κ1) is 61.3. The number of carbonyl (C=O) groups excluding carboxylic acids is 8. The molecule has 74 heavy (non-hydrogen) atoms. The first-order valence-corrected chi connectivity index (χ1v) is 24.8. The van der Waals surface area contributed by atoms with E-state index in [0.717, 1.165) is 19.6 Å². The van der Waals surface area contributed by atoms with Crippen LogP contribution in [0, 0.1) is 43.9 Å². The lowest BCUT2D eigenvalue weighted by Gasteiger charge is -2.35. The van der Waals surface area contributed by atoms with Crippen LogP contribution in [-0.2, 0) is 70.1 Å². The maximum Gasteiger partial charge on any atom is 0.329 e. The standard InChI is InChI=1S/C52H74N6O16/c1-29(2)23-39-49(63)71-33(9)45(59)53(11)42(26-32(7)8)52(66)74-44(28-36-17-21-38(22-18-36)58(69)70)48(62)56(14)40(24-30(3)4)50(64)72-34(10)46(60)54(12)41(25-31(5)6)51(65)73-43(47(61)55(39)13)27-35-15-19-37(20-16-35)57(67)68/h15-22,29-34,39-44H,23-28H2,1-14H3/t33-,34-,39+,40+,41-,42+,43-,44-/m1/s1. The first-order chi connectivity index (χ1) is 34.4. The van der Waals surface area contributed by atoms with E-state index < -0.39 is 106 Å². The Morgan fingerprint density at radius 2 is 0.649 bits per heavy atom. The molecule has 22 nitrogen and oxygen atoms in total. The van der Waals surface area contributed by atoms with E-state index in [1.54, 1.807) is 55.4 Å². The molecule has 0 bridgehead atoms. The van der Waals surface area contributed by atoms with Gasteiger partial charge in [0.25, 0.3) is 35.0 Å². The number of cyclic esters (lactones) is 4. The van der Waals surface area contributed by atoms with E-state index in [1.807, 2.05) is 0 Å². The van der Waals surface area contributed by atoms with Crippen molar-refractivity contribution in [3.8, 4) is 0 Å². The largest absolute Gasteiger partial charge is 0.451 e. The minimum atomic E-state index is -1.68. The monoisotopic (exact) mass is 1040 g/mol. The van der Waals surface area contributed by atoms with Crippen LogP contribution in [0.25, 0.3) is 0 Å². The Labute approximate surface area is 432 Å². The van der Waals surface area contributed by atoms with Crippen molar-refractivity contribution in [3.05, 3.63) is 79.9 Å². The molecule has 0 spiro atoms. The number of rotatable bonds is 14. The molecule has 408 valence electrons. The summed E-state index contributed by atoms with van der Waals surface area (Å²) in [4.78, 5) is 141. The quantitative estimate of drug-likeness (QED) is 0.0980. The number of nitrogens with zero attached hydrogens (tertiary/aromatic N) is 6. The Kier molecular flexibility index (Phi) is 22.6. The minimum absolute atomic E-state index is 0.00120. The molecule has 2 aromatic carbocycles. The number of nitro benzene ring substituents is 2. The third-order valence-electron chi connectivity index (χ3n) is 12.6. The molecule has 0 saturated carbocycles. The first-order valence-electron chi connectivity index (χ1n) is 24.8. The van der Waals surface area contributed by atoms with Crippen LogP contribution in [0.2, 0.25) is 0 Å². The lowest BCUT2D eigenvalue weighted by molar-refractivity contribution is -0.385. The maximum absolute atomic E-state index is 14.7. The minimum Gasteiger partial charge on any atom is -0.451 e. The second kappa shape index (κ2) is 27.3. The molecule has 1 saturated heterocycles. The molecule has 0 aromatic heterocycles. The van der Waals surface area contributed by atoms with Crippen LogP contribution in [0.4, 0.5) is 11.4 Å². The van der Waals surface area contributed by atoms with E-state index in [1.165, 1.54) is 90.6 Å². The van der Waals surface area contributed by atoms with Crippen molar-refractivity contribution in [3.63, 3.8) is 0 Å². The predicted octanol–water partition coefficient (Wildman–Crippen LogP) is 5.48. The van der Waals surface area contributed by atoms with Crippen LogP contribution < -0.4 is 0 Å². The number of hydrogen-bond donors (Lipinski definition) is 0. The van der Waals surface area contributed by atoms with Crippen molar-refractivity contribution in [1.29, 1.82) is 0 Å². The van der Waals surface area contributed by atoms with Crippen molar-refractivity contribution in [2.75, 3.05) is 28.2 Å². The van der Waals surface area contributed by atoms with Crippen molar-refractivity contribution < 1.29 is 67.2 Å². The summed E-state index contributed by atoms with van der Waals surface area (Å²) in [6.45, 7) is 16.8. The van der Waals surface area contributed by atoms with Gasteiger partial charge in [-0.25, -0.2) is 19.2 Å². The Morgan fingerprint density at radius 3 is 0.878 bits per heavy atom. The van der Waals surface area contributed by atoms with Gasteiger partial charge in [0.2, 0.25) is 0 Å². The average Bonchev–Trinajstić information content (AvgIpc) is 3.32. The summed E-state index contributed by atoms with van der Waals surface area (Å²) in [5.74, 6) is -8.58. The smallest absolute Gasteiger partial charge is 0.329 e. The zero-order chi connectivity index (χ0) is 56.0. The topological polar surface area (TPSA) is 273 Å². The average molecular weight is 1040 g/mol. The molecule has 0 aliphatic carbocycles. The highest BCUT2D eigenvalue weighted by Gasteiger charge is 2.43. The van der Waals surface area contributed by atoms with Crippen LogP contribution in [0.3, 0.4) is 0 Å². The Hall–Kier alpha value is -7.00. The molecule has 1 aliphatic heterocycles. The SMILES string of the molecule is CC(C)C[C@@H]1C(=O)O[C@H](Cc2ccc([N+](=O)[O-])cc2)C(=O)N(C)[C@@H](CC(C)C)C(=O)O[C@H](C)C(=O)N(C)[C@@H](CC(C)C)C(=O)O[C@H](Cc2ccc([N+](=O)[O-])cc2)C(=O)N(C)[C@@H](CC(C)C)C(=O)O[C@H](C)C(=O)N1C. The number of carbonyl (C=O) groups is 8. The van der Waals surface area contributed by atoms with Crippen LogP contribution >= 0.6 is 0 Å². The summed E-state index contributed by atoms with van der Waals surface area (Å²) in [5.41, 5.74) is 0.193. The molecule has 22 heteroatoms. The fourth-order valence-corrected chi connectivity index (χ4v) is 8.42. The number of nitro groups is 2. The van der Waals surface area contributed by atoms with Crippen LogP contribution in [0.15, 0.2) is 48.5 Å². The molecule has 0 unspecified atom stereocenters. The van der Waals surface area contributed by atoms with E-state index in [2.05, 4.69) is 0 Å². The Bertz CT molecular complexity index is 2160. The van der Waals surface area contributed by atoms with Crippen molar-refractivity contribution >= 4 is 58.9 Å². The van der Waals surface area contributed by atoms with Gasteiger partial charge in [0, 0.05) is 65.3 Å². The highest BCUT2D eigenvalue weighted by molar-refractivity contribution is 5.94. The normalized spacial score (nSPS) is 24.0. The zero-order valence-corrected chi connectivity index (χ0v) is 45.0. The van der Waals surface area contributed by atoms with Gasteiger partial charge in [0.1, 0.15) is 24.2 Å². The number of amides is 4.